The third kappa shape index (κ3) is 2.83. The van der Waals surface area contributed by atoms with E-state index in [1.165, 1.54) is 0 Å². The van der Waals surface area contributed by atoms with Gasteiger partial charge in [-0.15, -0.1) is 0 Å². The van der Waals surface area contributed by atoms with E-state index in [1.54, 1.807) is 0 Å². The number of halogens is 4. The molecule has 1 aromatic carbocycles. The van der Waals surface area contributed by atoms with Gasteiger partial charge in [-0.25, -0.2) is 8.42 Å². The Labute approximate surface area is 88.2 Å². The zero-order valence-electron chi connectivity index (χ0n) is 6.88. The fourth-order valence-corrected chi connectivity index (χ4v) is 1.85. The minimum absolute atomic E-state index is 0.213. The summed E-state index contributed by atoms with van der Waals surface area (Å²) in [6.07, 6.45) is -4.72. The maximum atomic E-state index is 12.1. The lowest BCUT2D eigenvalue weighted by atomic mass is 10.2. The Hall–Kier alpha value is -0.790. The first-order chi connectivity index (χ1) is 6.62. The molecule has 0 aromatic heterocycles. The maximum absolute atomic E-state index is 12.1. The summed E-state index contributed by atoms with van der Waals surface area (Å²) < 4.78 is 68.0. The van der Waals surface area contributed by atoms with Crippen LogP contribution >= 0.6 is 11.6 Å². The predicted molar refractivity (Wildman–Crippen MR) is 44.4 cm³/mol. The minimum atomic E-state index is -5.00. The summed E-state index contributed by atoms with van der Waals surface area (Å²) in [6, 6.07) is 1.52. The first-order valence-corrected chi connectivity index (χ1v) is 5.23. The summed E-state index contributed by atoms with van der Waals surface area (Å²) in [5, 5.41) is -0.530. The van der Waals surface area contributed by atoms with Crippen LogP contribution in [0.2, 0.25) is 5.02 Å². The van der Waals surface area contributed by atoms with Crippen molar-refractivity contribution < 1.29 is 26.1 Å². The molecule has 0 aliphatic rings. The van der Waals surface area contributed by atoms with Crippen LogP contribution in [0.4, 0.5) is 13.2 Å². The Morgan fingerprint density at radius 3 is 2.20 bits per heavy atom. The number of benzene rings is 1. The van der Waals surface area contributed by atoms with E-state index in [4.69, 9.17) is 11.6 Å². The van der Waals surface area contributed by atoms with Gasteiger partial charge in [-0.3, -0.25) is 0 Å². The van der Waals surface area contributed by atoms with Gasteiger partial charge in [-0.2, -0.15) is 13.2 Å². The van der Waals surface area contributed by atoms with Crippen molar-refractivity contribution in [3.05, 3.63) is 28.8 Å². The maximum Gasteiger partial charge on any atom is 0.416 e. The van der Waals surface area contributed by atoms with Gasteiger partial charge in [0.25, 0.3) is 0 Å². The molecular weight excluding hydrogens is 257 g/mol. The summed E-state index contributed by atoms with van der Waals surface area (Å²) in [7, 11) is -5.00. The number of rotatable bonds is 1. The highest BCUT2D eigenvalue weighted by atomic mass is 35.5. The molecule has 8 heteroatoms. The summed E-state index contributed by atoms with van der Waals surface area (Å²) in [4.78, 5) is -1.07. The van der Waals surface area contributed by atoms with Gasteiger partial charge in [0, 0.05) is 0 Å². The Morgan fingerprint density at radius 1 is 1.27 bits per heavy atom. The fraction of sp³-hybridized carbons (Fsp3) is 0.143. The second-order valence-electron chi connectivity index (χ2n) is 2.60. The zero-order chi connectivity index (χ0) is 11.9. The molecule has 0 aliphatic heterocycles. The van der Waals surface area contributed by atoms with Crippen molar-refractivity contribution >= 4 is 21.7 Å². The molecule has 0 fully saturated rings. The highest BCUT2D eigenvalue weighted by Crippen LogP contribution is 2.33. The molecule has 1 rings (SSSR count). The third-order valence-corrected chi connectivity index (χ3v) is 2.85. The Balaban J connectivity index is 3.43. The van der Waals surface area contributed by atoms with Crippen LogP contribution < -0.4 is 0 Å². The molecule has 0 saturated heterocycles. The summed E-state index contributed by atoms with van der Waals surface area (Å²) in [5.41, 5.74) is -1.23. The largest absolute Gasteiger partial charge is 0.744 e. The van der Waals surface area contributed by atoms with Crippen LogP contribution in [0.15, 0.2) is 23.1 Å². The van der Waals surface area contributed by atoms with Crippen LogP contribution in [-0.4, -0.2) is 13.0 Å². The van der Waals surface area contributed by atoms with E-state index in [0.29, 0.717) is 6.07 Å². The average Bonchev–Trinajstić information content (AvgIpc) is 2.00. The van der Waals surface area contributed by atoms with E-state index in [9.17, 15) is 26.1 Å². The average molecular weight is 260 g/mol. The lowest BCUT2D eigenvalue weighted by Crippen LogP contribution is -2.07. The first kappa shape index (κ1) is 12.3. The second kappa shape index (κ2) is 3.66. The van der Waals surface area contributed by atoms with Crippen molar-refractivity contribution in [2.24, 2.45) is 0 Å². The highest BCUT2D eigenvalue weighted by Gasteiger charge is 2.31. The zero-order valence-corrected chi connectivity index (χ0v) is 8.45. The van der Waals surface area contributed by atoms with Crippen molar-refractivity contribution in [3.8, 4) is 0 Å². The molecule has 0 radical (unpaired) electrons. The van der Waals surface area contributed by atoms with Crippen molar-refractivity contribution in [2.45, 2.75) is 11.1 Å². The predicted octanol–water partition coefficient (Wildman–Crippen LogP) is 2.26. The number of hydrogen-bond acceptors (Lipinski definition) is 3. The molecule has 84 valence electrons. The number of hydrogen-bond donors (Lipinski definition) is 0. The Bertz CT molecular complexity index is 481. The summed E-state index contributed by atoms with van der Waals surface area (Å²) in [6.45, 7) is 0. The molecule has 0 unspecified atom stereocenters. The molecule has 1 aromatic rings. The van der Waals surface area contributed by atoms with E-state index >= 15 is 0 Å². The number of alkyl halides is 3. The molecule has 15 heavy (non-hydrogen) atoms. The van der Waals surface area contributed by atoms with Gasteiger partial charge >= 0.3 is 6.18 Å². The molecule has 0 heterocycles. The van der Waals surface area contributed by atoms with Crippen LogP contribution in [0.1, 0.15) is 5.56 Å². The van der Waals surface area contributed by atoms with Crippen LogP contribution in [0.5, 0.6) is 0 Å². The molecule has 0 aliphatic carbocycles. The Kier molecular flexibility index (Phi) is 2.99. The van der Waals surface area contributed by atoms with E-state index in [1.807, 2.05) is 0 Å². The Morgan fingerprint density at radius 2 is 1.80 bits per heavy atom. The van der Waals surface area contributed by atoms with E-state index in [-0.39, 0.29) is 6.07 Å². The fourth-order valence-electron chi connectivity index (χ4n) is 0.871. The molecule has 3 nitrogen and oxygen atoms in total. The quantitative estimate of drug-likeness (QED) is 0.727. The normalized spacial score (nSPS) is 12.9. The van der Waals surface area contributed by atoms with E-state index in [0.717, 1.165) is 6.07 Å². The lowest BCUT2D eigenvalue weighted by molar-refractivity contribution is -0.137. The molecule has 0 atom stereocenters. The van der Waals surface area contributed by atoms with Gasteiger partial charge in [0.2, 0.25) is 0 Å². The van der Waals surface area contributed by atoms with Crippen molar-refractivity contribution in [1.82, 2.24) is 0 Å². The highest BCUT2D eigenvalue weighted by molar-refractivity contribution is 7.85. The van der Waals surface area contributed by atoms with Gasteiger partial charge in [0.05, 0.1) is 15.5 Å². The van der Waals surface area contributed by atoms with E-state index in [2.05, 4.69) is 0 Å². The van der Waals surface area contributed by atoms with Crippen LogP contribution in [0.3, 0.4) is 0 Å². The van der Waals surface area contributed by atoms with Crippen LogP contribution in [-0.2, 0) is 16.3 Å². The molecule has 0 saturated carbocycles. The molecule has 0 amide bonds. The van der Waals surface area contributed by atoms with Crippen molar-refractivity contribution in [2.75, 3.05) is 0 Å². The minimum Gasteiger partial charge on any atom is -0.744 e. The smallest absolute Gasteiger partial charge is 0.416 e. The molecular formula is C7H3ClF3O3S-. The van der Waals surface area contributed by atoms with Gasteiger partial charge < -0.3 is 4.55 Å². The van der Waals surface area contributed by atoms with Gasteiger partial charge in [0.1, 0.15) is 10.1 Å². The summed E-state index contributed by atoms with van der Waals surface area (Å²) >= 11 is 5.28. The van der Waals surface area contributed by atoms with Crippen molar-refractivity contribution in [3.63, 3.8) is 0 Å². The third-order valence-electron chi connectivity index (χ3n) is 1.53. The molecule has 0 spiro atoms. The van der Waals surface area contributed by atoms with Gasteiger partial charge in [-0.1, -0.05) is 11.6 Å². The van der Waals surface area contributed by atoms with Crippen LogP contribution in [0, 0.1) is 0 Å². The van der Waals surface area contributed by atoms with Crippen LogP contribution in [0.25, 0.3) is 0 Å². The monoisotopic (exact) mass is 259 g/mol. The lowest BCUT2D eigenvalue weighted by Gasteiger charge is -2.12. The van der Waals surface area contributed by atoms with Crippen molar-refractivity contribution in [1.29, 1.82) is 0 Å². The summed E-state index contributed by atoms with van der Waals surface area (Å²) in [5.74, 6) is 0. The molecule has 0 N–H and O–H groups in total. The SMILES string of the molecule is O=S(=O)([O-])c1cc(C(F)(F)F)ccc1Cl. The topological polar surface area (TPSA) is 57.2 Å². The van der Waals surface area contributed by atoms with Gasteiger partial charge in [0.15, 0.2) is 0 Å². The first-order valence-electron chi connectivity index (χ1n) is 3.45. The standard InChI is InChI=1S/C7H4ClF3O3S/c8-5-2-1-4(7(9,10)11)3-6(5)15(12,13)14/h1-3H,(H,12,13,14)/p-1. The van der Waals surface area contributed by atoms with Gasteiger partial charge in [-0.05, 0) is 18.2 Å². The second-order valence-corrected chi connectivity index (χ2v) is 4.35. The molecule has 0 bridgehead atoms. The van der Waals surface area contributed by atoms with E-state index < -0.39 is 31.8 Å².